The van der Waals surface area contributed by atoms with E-state index in [1.807, 2.05) is 23.5 Å². The molecule has 0 fully saturated rings. The van der Waals surface area contributed by atoms with Crippen molar-refractivity contribution in [2.24, 2.45) is 0 Å². The fourth-order valence-corrected chi connectivity index (χ4v) is 2.78. The molecule has 0 aliphatic carbocycles. The van der Waals surface area contributed by atoms with E-state index >= 15 is 0 Å². The second-order valence-corrected chi connectivity index (χ2v) is 5.62. The Balaban J connectivity index is 1.78. The molecular formula is C15H19NOS. The molecule has 1 aromatic carbocycles. The zero-order chi connectivity index (χ0) is 12.8. The number of thiophene rings is 1. The van der Waals surface area contributed by atoms with Crippen LogP contribution in [0.1, 0.15) is 15.3 Å². The van der Waals surface area contributed by atoms with Crippen LogP contribution in [0.3, 0.4) is 0 Å². The SMILES string of the molecule is COc1ccccc1CCNCc1ccc(C)s1. The first-order valence-corrected chi connectivity index (χ1v) is 6.99. The van der Waals surface area contributed by atoms with E-state index in [0.29, 0.717) is 0 Å². The number of methoxy groups -OCH3 is 1. The lowest BCUT2D eigenvalue weighted by atomic mass is 10.1. The first kappa shape index (κ1) is 13.1. The van der Waals surface area contributed by atoms with Gasteiger partial charge in [-0.1, -0.05) is 18.2 Å². The van der Waals surface area contributed by atoms with Crippen molar-refractivity contribution in [3.8, 4) is 5.75 Å². The van der Waals surface area contributed by atoms with E-state index in [4.69, 9.17) is 4.74 Å². The Hall–Kier alpha value is -1.32. The van der Waals surface area contributed by atoms with Crippen molar-refractivity contribution in [1.82, 2.24) is 5.32 Å². The predicted molar refractivity (Wildman–Crippen MR) is 77.5 cm³/mol. The predicted octanol–water partition coefficient (Wildman–Crippen LogP) is 3.40. The van der Waals surface area contributed by atoms with Crippen molar-refractivity contribution >= 4 is 11.3 Å². The van der Waals surface area contributed by atoms with E-state index in [2.05, 4.69) is 36.5 Å². The van der Waals surface area contributed by atoms with Crippen molar-refractivity contribution < 1.29 is 4.74 Å². The molecule has 2 nitrogen and oxygen atoms in total. The Morgan fingerprint density at radius 2 is 2.00 bits per heavy atom. The number of aryl methyl sites for hydroxylation is 1. The first-order chi connectivity index (χ1) is 8.79. The average Bonchev–Trinajstić information content (AvgIpc) is 2.81. The van der Waals surface area contributed by atoms with Crippen molar-refractivity contribution in [1.29, 1.82) is 0 Å². The largest absolute Gasteiger partial charge is 0.496 e. The summed E-state index contributed by atoms with van der Waals surface area (Å²) in [5, 5.41) is 3.47. The van der Waals surface area contributed by atoms with E-state index in [9.17, 15) is 0 Å². The van der Waals surface area contributed by atoms with E-state index in [1.165, 1.54) is 15.3 Å². The maximum atomic E-state index is 5.34. The molecule has 96 valence electrons. The lowest BCUT2D eigenvalue weighted by molar-refractivity contribution is 0.409. The summed E-state index contributed by atoms with van der Waals surface area (Å²) in [5.41, 5.74) is 1.26. The molecule has 3 heteroatoms. The maximum absolute atomic E-state index is 5.34. The summed E-state index contributed by atoms with van der Waals surface area (Å²) < 4.78 is 5.34. The second-order valence-electron chi connectivity index (χ2n) is 4.25. The van der Waals surface area contributed by atoms with Crippen LogP contribution in [-0.2, 0) is 13.0 Å². The van der Waals surface area contributed by atoms with Crippen molar-refractivity contribution in [2.45, 2.75) is 19.9 Å². The molecule has 1 N–H and O–H groups in total. The van der Waals surface area contributed by atoms with Gasteiger partial charge >= 0.3 is 0 Å². The fourth-order valence-electron chi connectivity index (χ4n) is 1.92. The van der Waals surface area contributed by atoms with Gasteiger partial charge in [-0.15, -0.1) is 11.3 Å². The molecule has 2 aromatic rings. The highest BCUT2D eigenvalue weighted by Crippen LogP contribution is 2.17. The monoisotopic (exact) mass is 261 g/mol. The average molecular weight is 261 g/mol. The molecule has 0 aliphatic rings. The van der Waals surface area contributed by atoms with Gasteiger partial charge in [-0.25, -0.2) is 0 Å². The van der Waals surface area contributed by atoms with E-state index < -0.39 is 0 Å². The number of hydrogen-bond acceptors (Lipinski definition) is 3. The minimum atomic E-state index is 0.952. The van der Waals surface area contributed by atoms with E-state index in [-0.39, 0.29) is 0 Å². The van der Waals surface area contributed by atoms with Crippen LogP contribution in [0.5, 0.6) is 5.75 Å². The Bertz CT molecular complexity index is 493. The third-order valence-electron chi connectivity index (χ3n) is 2.86. The number of benzene rings is 1. The molecule has 18 heavy (non-hydrogen) atoms. The number of rotatable bonds is 6. The van der Waals surface area contributed by atoms with Crippen LogP contribution in [0.2, 0.25) is 0 Å². The normalized spacial score (nSPS) is 10.6. The van der Waals surface area contributed by atoms with Crippen LogP contribution >= 0.6 is 11.3 Å². The molecule has 0 amide bonds. The Kier molecular flexibility index (Phi) is 4.79. The van der Waals surface area contributed by atoms with Gasteiger partial charge in [-0.2, -0.15) is 0 Å². The van der Waals surface area contributed by atoms with Crippen molar-refractivity contribution in [2.75, 3.05) is 13.7 Å². The van der Waals surface area contributed by atoms with E-state index in [1.54, 1.807) is 7.11 Å². The van der Waals surface area contributed by atoms with Crippen LogP contribution in [-0.4, -0.2) is 13.7 Å². The summed E-state index contributed by atoms with van der Waals surface area (Å²) in [6.07, 6.45) is 0.994. The zero-order valence-electron chi connectivity index (χ0n) is 10.9. The highest BCUT2D eigenvalue weighted by molar-refractivity contribution is 7.11. The molecule has 0 saturated carbocycles. The minimum absolute atomic E-state index is 0.952. The van der Waals surface area contributed by atoms with Gasteiger partial charge in [0.05, 0.1) is 7.11 Å². The first-order valence-electron chi connectivity index (χ1n) is 6.17. The highest BCUT2D eigenvalue weighted by atomic mass is 32.1. The lowest BCUT2D eigenvalue weighted by Gasteiger charge is -2.08. The van der Waals surface area contributed by atoms with Gasteiger partial charge in [0.1, 0.15) is 5.75 Å². The number of hydrogen-bond donors (Lipinski definition) is 1. The minimum Gasteiger partial charge on any atom is -0.496 e. The molecule has 0 atom stereocenters. The maximum Gasteiger partial charge on any atom is 0.122 e. The summed E-state index contributed by atoms with van der Waals surface area (Å²) >= 11 is 1.85. The molecule has 0 saturated heterocycles. The van der Waals surface area contributed by atoms with Gasteiger partial charge in [0, 0.05) is 16.3 Å². The van der Waals surface area contributed by atoms with Gasteiger partial charge in [-0.05, 0) is 43.7 Å². The summed E-state index contributed by atoms with van der Waals surface area (Å²) in [4.78, 5) is 2.77. The Morgan fingerprint density at radius 3 is 2.72 bits per heavy atom. The third-order valence-corrected chi connectivity index (χ3v) is 3.86. The summed E-state index contributed by atoms with van der Waals surface area (Å²) in [6, 6.07) is 12.6. The molecule has 0 spiro atoms. The van der Waals surface area contributed by atoms with Gasteiger partial charge in [0.15, 0.2) is 0 Å². The number of nitrogens with one attached hydrogen (secondary N) is 1. The van der Waals surface area contributed by atoms with Crippen LogP contribution in [0.15, 0.2) is 36.4 Å². The van der Waals surface area contributed by atoms with Crippen LogP contribution in [0.4, 0.5) is 0 Å². The molecule has 0 bridgehead atoms. The van der Waals surface area contributed by atoms with Crippen molar-refractivity contribution in [3.63, 3.8) is 0 Å². The van der Waals surface area contributed by atoms with Crippen LogP contribution in [0, 0.1) is 6.92 Å². The smallest absolute Gasteiger partial charge is 0.122 e. The van der Waals surface area contributed by atoms with E-state index in [0.717, 1.165) is 25.3 Å². The van der Waals surface area contributed by atoms with Crippen LogP contribution in [0.25, 0.3) is 0 Å². The Morgan fingerprint density at radius 1 is 1.17 bits per heavy atom. The number of ether oxygens (including phenoxy) is 1. The standard InChI is InChI=1S/C15H19NOS/c1-12-7-8-14(18-12)11-16-10-9-13-5-3-4-6-15(13)17-2/h3-8,16H,9-11H2,1-2H3. The fraction of sp³-hybridized carbons (Fsp3) is 0.333. The van der Waals surface area contributed by atoms with Crippen LogP contribution < -0.4 is 10.1 Å². The van der Waals surface area contributed by atoms with Crippen molar-refractivity contribution in [3.05, 3.63) is 51.7 Å². The summed E-state index contributed by atoms with van der Waals surface area (Å²) in [7, 11) is 1.72. The van der Waals surface area contributed by atoms with Gasteiger partial charge in [0.2, 0.25) is 0 Å². The quantitative estimate of drug-likeness (QED) is 0.805. The lowest BCUT2D eigenvalue weighted by Crippen LogP contribution is -2.16. The molecular weight excluding hydrogens is 242 g/mol. The third kappa shape index (κ3) is 3.59. The molecule has 0 aliphatic heterocycles. The molecule has 1 aromatic heterocycles. The zero-order valence-corrected chi connectivity index (χ0v) is 11.7. The highest BCUT2D eigenvalue weighted by Gasteiger charge is 2.01. The molecule has 0 radical (unpaired) electrons. The molecule has 1 heterocycles. The van der Waals surface area contributed by atoms with Gasteiger partial charge in [-0.3, -0.25) is 0 Å². The second kappa shape index (κ2) is 6.57. The summed E-state index contributed by atoms with van der Waals surface area (Å²) in [5.74, 6) is 0.978. The number of para-hydroxylation sites is 1. The van der Waals surface area contributed by atoms with Gasteiger partial charge < -0.3 is 10.1 Å². The molecule has 2 rings (SSSR count). The topological polar surface area (TPSA) is 21.3 Å². The van der Waals surface area contributed by atoms with Gasteiger partial charge in [0.25, 0.3) is 0 Å². The summed E-state index contributed by atoms with van der Waals surface area (Å²) in [6.45, 7) is 4.06. The Labute approximate surface area is 113 Å². The molecule has 0 unspecified atom stereocenters.